The topological polar surface area (TPSA) is 44.0 Å². The monoisotopic (exact) mass is 217 g/mol. The van der Waals surface area contributed by atoms with Crippen LogP contribution in [0.5, 0.6) is 0 Å². The van der Waals surface area contributed by atoms with Gasteiger partial charge < -0.3 is 5.11 Å². The molecule has 0 aromatic heterocycles. The quantitative estimate of drug-likeness (QED) is 0.824. The molecule has 1 aromatic carbocycles. The molecule has 0 saturated carbocycles. The number of nitrogens with zero attached hydrogens (tertiary/aromatic N) is 1. The molecule has 1 atom stereocenters. The lowest BCUT2D eigenvalue weighted by atomic mass is 9.70. The van der Waals surface area contributed by atoms with Gasteiger partial charge in [0, 0.05) is 6.61 Å². The van der Waals surface area contributed by atoms with E-state index in [1.165, 1.54) is 0 Å². The van der Waals surface area contributed by atoms with Gasteiger partial charge >= 0.3 is 0 Å². The highest BCUT2D eigenvalue weighted by Gasteiger charge is 2.35. The summed E-state index contributed by atoms with van der Waals surface area (Å²) in [4.78, 5) is 0. The summed E-state index contributed by atoms with van der Waals surface area (Å²) in [5.74, 6) is 0.242. The van der Waals surface area contributed by atoms with E-state index in [0.717, 1.165) is 5.56 Å². The van der Waals surface area contributed by atoms with Gasteiger partial charge in [0.2, 0.25) is 0 Å². The average molecular weight is 217 g/mol. The Labute approximate surface area is 97.5 Å². The number of aliphatic hydroxyl groups is 1. The molecular weight excluding hydrogens is 198 g/mol. The molecule has 0 aliphatic carbocycles. The lowest BCUT2D eigenvalue weighted by Crippen LogP contribution is -2.31. The molecule has 0 saturated heterocycles. The SMILES string of the molecule is CC(C)[C@@](C#N)(CCCO)c1ccccc1. The first-order valence-corrected chi connectivity index (χ1v) is 5.75. The van der Waals surface area contributed by atoms with Crippen molar-refractivity contribution in [1.82, 2.24) is 0 Å². The molecule has 0 bridgehead atoms. The van der Waals surface area contributed by atoms with Crippen molar-refractivity contribution in [1.29, 1.82) is 5.26 Å². The van der Waals surface area contributed by atoms with Crippen molar-refractivity contribution in [3.05, 3.63) is 35.9 Å². The molecule has 86 valence electrons. The number of hydrogen-bond donors (Lipinski definition) is 1. The lowest BCUT2D eigenvalue weighted by molar-refractivity contribution is 0.257. The van der Waals surface area contributed by atoms with Crippen molar-refractivity contribution in [2.24, 2.45) is 5.92 Å². The van der Waals surface area contributed by atoms with E-state index >= 15 is 0 Å². The van der Waals surface area contributed by atoms with E-state index in [1.807, 2.05) is 30.3 Å². The maximum atomic E-state index is 9.50. The van der Waals surface area contributed by atoms with E-state index in [1.54, 1.807) is 0 Å². The molecule has 0 radical (unpaired) electrons. The van der Waals surface area contributed by atoms with Gasteiger partial charge in [-0.05, 0) is 24.3 Å². The minimum atomic E-state index is -0.468. The Morgan fingerprint density at radius 3 is 2.38 bits per heavy atom. The van der Waals surface area contributed by atoms with E-state index in [9.17, 15) is 5.26 Å². The number of aliphatic hydroxyl groups excluding tert-OH is 1. The third-order valence-corrected chi connectivity index (χ3v) is 3.20. The molecule has 0 heterocycles. The predicted molar refractivity (Wildman–Crippen MR) is 64.9 cm³/mol. The summed E-state index contributed by atoms with van der Waals surface area (Å²) in [7, 11) is 0. The van der Waals surface area contributed by atoms with Gasteiger partial charge in [0.25, 0.3) is 0 Å². The summed E-state index contributed by atoms with van der Waals surface area (Å²) in [6, 6.07) is 12.3. The van der Waals surface area contributed by atoms with Gasteiger partial charge in [0.15, 0.2) is 0 Å². The Balaban J connectivity index is 3.09. The first-order chi connectivity index (χ1) is 7.67. The smallest absolute Gasteiger partial charge is 0.0846 e. The normalized spacial score (nSPS) is 14.4. The average Bonchev–Trinajstić information content (AvgIpc) is 2.31. The molecule has 0 amide bonds. The summed E-state index contributed by atoms with van der Waals surface area (Å²) in [6.07, 6.45) is 1.38. The van der Waals surface area contributed by atoms with Crippen LogP contribution in [0.4, 0.5) is 0 Å². The van der Waals surface area contributed by atoms with Crippen LogP contribution in [-0.2, 0) is 5.41 Å². The van der Waals surface area contributed by atoms with Crippen LogP contribution < -0.4 is 0 Å². The van der Waals surface area contributed by atoms with Gasteiger partial charge in [0.05, 0.1) is 11.5 Å². The summed E-state index contributed by atoms with van der Waals surface area (Å²) in [5.41, 5.74) is 0.588. The molecule has 0 spiro atoms. The van der Waals surface area contributed by atoms with Crippen molar-refractivity contribution in [3.8, 4) is 6.07 Å². The zero-order chi connectivity index (χ0) is 12.0. The van der Waals surface area contributed by atoms with Crippen LogP contribution in [0.3, 0.4) is 0 Å². The van der Waals surface area contributed by atoms with E-state index in [0.29, 0.717) is 12.8 Å². The van der Waals surface area contributed by atoms with Gasteiger partial charge in [-0.2, -0.15) is 5.26 Å². The van der Waals surface area contributed by atoms with Crippen LogP contribution in [0.2, 0.25) is 0 Å². The molecule has 0 fully saturated rings. The van der Waals surface area contributed by atoms with Crippen molar-refractivity contribution in [3.63, 3.8) is 0 Å². The van der Waals surface area contributed by atoms with Crippen LogP contribution in [0.25, 0.3) is 0 Å². The molecule has 2 nitrogen and oxygen atoms in total. The zero-order valence-electron chi connectivity index (χ0n) is 9.98. The van der Waals surface area contributed by atoms with E-state index in [2.05, 4.69) is 19.9 Å². The maximum Gasteiger partial charge on any atom is 0.0846 e. The van der Waals surface area contributed by atoms with Crippen molar-refractivity contribution < 1.29 is 5.11 Å². The van der Waals surface area contributed by atoms with Gasteiger partial charge in [-0.3, -0.25) is 0 Å². The highest BCUT2D eigenvalue weighted by Crippen LogP contribution is 2.36. The van der Waals surface area contributed by atoms with E-state index in [4.69, 9.17) is 5.11 Å². The van der Waals surface area contributed by atoms with Crippen LogP contribution >= 0.6 is 0 Å². The third-order valence-electron chi connectivity index (χ3n) is 3.20. The van der Waals surface area contributed by atoms with Crippen LogP contribution in [0, 0.1) is 17.2 Å². The Kier molecular flexibility index (Phi) is 4.52. The maximum absolute atomic E-state index is 9.50. The molecule has 16 heavy (non-hydrogen) atoms. The highest BCUT2D eigenvalue weighted by atomic mass is 16.2. The van der Waals surface area contributed by atoms with Gasteiger partial charge in [-0.25, -0.2) is 0 Å². The molecule has 1 rings (SSSR count). The Morgan fingerprint density at radius 1 is 1.31 bits per heavy atom. The molecule has 0 unspecified atom stereocenters. The fraction of sp³-hybridized carbons (Fsp3) is 0.500. The highest BCUT2D eigenvalue weighted by molar-refractivity contribution is 5.33. The molecular formula is C14H19NO. The van der Waals surface area contributed by atoms with Crippen LogP contribution in [-0.4, -0.2) is 11.7 Å². The lowest BCUT2D eigenvalue weighted by Gasteiger charge is -2.31. The van der Waals surface area contributed by atoms with Gasteiger partial charge in [-0.15, -0.1) is 0 Å². The Hall–Kier alpha value is -1.33. The van der Waals surface area contributed by atoms with E-state index < -0.39 is 5.41 Å². The molecule has 0 aliphatic rings. The van der Waals surface area contributed by atoms with Crippen LogP contribution in [0.1, 0.15) is 32.3 Å². The van der Waals surface area contributed by atoms with Crippen molar-refractivity contribution in [2.75, 3.05) is 6.61 Å². The molecule has 1 N–H and O–H groups in total. The number of rotatable bonds is 5. The van der Waals surface area contributed by atoms with Gasteiger partial charge in [-0.1, -0.05) is 44.2 Å². The molecule has 2 heteroatoms. The van der Waals surface area contributed by atoms with Crippen molar-refractivity contribution >= 4 is 0 Å². The minimum absolute atomic E-state index is 0.142. The van der Waals surface area contributed by atoms with E-state index in [-0.39, 0.29) is 12.5 Å². The summed E-state index contributed by atoms with van der Waals surface area (Å²) in [6.45, 7) is 4.27. The minimum Gasteiger partial charge on any atom is -0.396 e. The predicted octanol–water partition coefficient (Wildman–Crippen LogP) is 2.88. The van der Waals surface area contributed by atoms with Gasteiger partial charge in [0.1, 0.15) is 0 Å². The first kappa shape index (κ1) is 12.7. The number of benzene rings is 1. The molecule has 0 aliphatic heterocycles. The number of nitriles is 1. The second-order valence-corrected chi connectivity index (χ2v) is 4.43. The largest absolute Gasteiger partial charge is 0.396 e. The molecule has 1 aromatic rings. The number of hydrogen-bond acceptors (Lipinski definition) is 2. The second-order valence-electron chi connectivity index (χ2n) is 4.43. The Morgan fingerprint density at radius 2 is 1.94 bits per heavy atom. The Bertz CT molecular complexity index is 353. The summed E-state index contributed by atoms with van der Waals surface area (Å²) in [5, 5.41) is 18.4. The van der Waals surface area contributed by atoms with Crippen molar-refractivity contribution in [2.45, 2.75) is 32.1 Å². The fourth-order valence-electron chi connectivity index (χ4n) is 2.11. The fourth-order valence-corrected chi connectivity index (χ4v) is 2.11. The zero-order valence-corrected chi connectivity index (χ0v) is 9.98. The first-order valence-electron chi connectivity index (χ1n) is 5.75. The third kappa shape index (κ3) is 2.43. The standard InChI is InChI=1S/C14H19NO/c1-12(2)14(11-15,9-6-10-16)13-7-4-3-5-8-13/h3-5,7-8,12,16H,6,9-10H2,1-2H3/t14-/m0/s1. The summed E-state index contributed by atoms with van der Waals surface area (Å²) < 4.78 is 0. The van der Waals surface area contributed by atoms with Crippen LogP contribution in [0.15, 0.2) is 30.3 Å². The second kappa shape index (κ2) is 5.67. The summed E-state index contributed by atoms with van der Waals surface area (Å²) >= 11 is 0.